The lowest BCUT2D eigenvalue weighted by Gasteiger charge is -2.31. The van der Waals surface area contributed by atoms with Gasteiger partial charge in [0.05, 0.1) is 19.3 Å². The molecule has 1 atom stereocenters. The summed E-state index contributed by atoms with van der Waals surface area (Å²) < 4.78 is 6.85. The molecular weight excluding hydrogens is 342 g/mol. The summed E-state index contributed by atoms with van der Waals surface area (Å²) in [5.41, 5.74) is 3.31. The van der Waals surface area contributed by atoms with Crippen LogP contribution in [0.3, 0.4) is 0 Å². The van der Waals surface area contributed by atoms with Crippen molar-refractivity contribution in [2.45, 2.75) is 31.7 Å². The monoisotopic (exact) mass is 371 g/mol. The number of aromatic nitrogens is 3. The van der Waals surface area contributed by atoms with E-state index in [0.29, 0.717) is 19.1 Å². The van der Waals surface area contributed by atoms with E-state index in [1.54, 1.807) is 11.8 Å². The Bertz CT molecular complexity index is 735. The Balaban J connectivity index is 1.48. The van der Waals surface area contributed by atoms with Crippen molar-refractivity contribution in [3.63, 3.8) is 0 Å². The van der Waals surface area contributed by atoms with Gasteiger partial charge in [0.2, 0.25) is 5.91 Å². The average molecular weight is 371 g/mol. The van der Waals surface area contributed by atoms with E-state index in [0.717, 1.165) is 42.8 Å². The number of carbonyl (C=O) groups is 1. The molecule has 27 heavy (non-hydrogen) atoms. The van der Waals surface area contributed by atoms with Gasteiger partial charge in [-0.15, -0.1) is 0 Å². The summed E-state index contributed by atoms with van der Waals surface area (Å²) in [7, 11) is 3.56. The Morgan fingerprint density at radius 1 is 1.30 bits per heavy atom. The second-order valence-electron chi connectivity index (χ2n) is 7.35. The van der Waals surface area contributed by atoms with E-state index in [9.17, 15) is 4.79 Å². The fraction of sp³-hybridized carbons (Fsp3) is 0.550. The number of nitrogens with one attached hydrogen (secondary N) is 1. The highest BCUT2D eigenvalue weighted by atomic mass is 16.5. The standard InChI is InChI=1S/C20H29N5O2/c1-15(14-27-3)23-20(26)13-25-8-6-16(7-9-25)19-5-4-17(10-21-19)18-11-22-24(2)12-18/h4-5,10-12,15-16H,6-9,13-14H2,1-3H3,(H,23,26)/t15-/m0/s1. The summed E-state index contributed by atoms with van der Waals surface area (Å²) in [6.07, 6.45) is 7.84. The second-order valence-corrected chi connectivity index (χ2v) is 7.35. The zero-order chi connectivity index (χ0) is 19.2. The van der Waals surface area contributed by atoms with Gasteiger partial charge in [0, 0.05) is 55.3 Å². The third-order valence-corrected chi connectivity index (χ3v) is 5.02. The molecule has 1 aliphatic heterocycles. The minimum Gasteiger partial charge on any atom is -0.383 e. The molecule has 1 N–H and O–H groups in total. The van der Waals surface area contributed by atoms with Crippen molar-refractivity contribution >= 4 is 5.91 Å². The molecule has 0 bridgehead atoms. The number of piperidine rings is 1. The van der Waals surface area contributed by atoms with Crippen molar-refractivity contribution in [1.82, 2.24) is 25.0 Å². The highest BCUT2D eigenvalue weighted by molar-refractivity contribution is 5.78. The molecule has 1 saturated heterocycles. The molecule has 0 aromatic carbocycles. The molecule has 1 amide bonds. The third kappa shape index (κ3) is 5.37. The Hall–Kier alpha value is -2.25. The normalized spacial score (nSPS) is 17.0. The van der Waals surface area contributed by atoms with Gasteiger partial charge in [0.1, 0.15) is 0 Å². The number of methoxy groups -OCH3 is 1. The van der Waals surface area contributed by atoms with E-state index in [4.69, 9.17) is 4.74 Å². The topological polar surface area (TPSA) is 72.3 Å². The molecule has 3 rings (SSSR count). The molecule has 7 heteroatoms. The Labute approximate surface area is 160 Å². The first kappa shape index (κ1) is 19.5. The molecule has 0 aliphatic carbocycles. The van der Waals surface area contributed by atoms with Gasteiger partial charge in [-0.05, 0) is 38.9 Å². The van der Waals surface area contributed by atoms with Gasteiger partial charge >= 0.3 is 0 Å². The van der Waals surface area contributed by atoms with Crippen molar-refractivity contribution in [2.24, 2.45) is 7.05 Å². The molecule has 1 aliphatic rings. The number of likely N-dealkylation sites (tertiary alicyclic amines) is 1. The maximum absolute atomic E-state index is 12.1. The number of hydrogen-bond donors (Lipinski definition) is 1. The number of nitrogens with zero attached hydrogens (tertiary/aromatic N) is 4. The number of aryl methyl sites for hydroxylation is 1. The van der Waals surface area contributed by atoms with E-state index in [2.05, 4.69) is 32.4 Å². The highest BCUT2D eigenvalue weighted by Crippen LogP contribution is 2.28. The Morgan fingerprint density at radius 3 is 2.67 bits per heavy atom. The molecule has 3 heterocycles. The Kier molecular flexibility index (Phi) is 6.58. The summed E-state index contributed by atoms with van der Waals surface area (Å²) in [4.78, 5) is 19.0. The molecule has 146 valence electrons. The minimum atomic E-state index is 0.0440. The van der Waals surface area contributed by atoms with Crippen LogP contribution in [0.2, 0.25) is 0 Å². The fourth-order valence-corrected chi connectivity index (χ4v) is 3.59. The Morgan fingerprint density at radius 2 is 2.07 bits per heavy atom. The summed E-state index contributed by atoms with van der Waals surface area (Å²) in [5.74, 6) is 0.525. The summed E-state index contributed by atoms with van der Waals surface area (Å²) in [6, 6.07) is 4.29. The van der Waals surface area contributed by atoms with Crippen LogP contribution in [0, 0.1) is 0 Å². The van der Waals surface area contributed by atoms with Crippen molar-refractivity contribution in [1.29, 1.82) is 0 Å². The van der Waals surface area contributed by atoms with Crippen molar-refractivity contribution < 1.29 is 9.53 Å². The molecule has 0 saturated carbocycles. The number of rotatable bonds is 7. The lowest BCUT2D eigenvalue weighted by Crippen LogP contribution is -2.44. The second kappa shape index (κ2) is 9.10. The summed E-state index contributed by atoms with van der Waals surface area (Å²) >= 11 is 0. The van der Waals surface area contributed by atoms with Gasteiger partial charge in [-0.1, -0.05) is 6.07 Å². The maximum atomic E-state index is 12.1. The quantitative estimate of drug-likeness (QED) is 0.804. The summed E-state index contributed by atoms with van der Waals surface area (Å²) in [6.45, 7) is 4.78. The minimum absolute atomic E-state index is 0.0440. The number of hydrogen-bond acceptors (Lipinski definition) is 5. The van der Waals surface area contributed by atoms with E-state index in [1.807, 2.05) is 32.6 Å². The molecular formula is C20H29N5O2. The van der Waals surface area contributed by atoms with Crippen LogP contribution in [0.5, 0.6) is 0 Å². The fourth-order valence-electron chi connectivity index (χ4n) is 3.59. The summed E-state index contributed by atoms with van der Waals surface area (Å²) in [5, 5.41) is 7.18. The van der Waals surface area contributed by atoms with Crippen LogP contribution in [0.4, 0.5) is 0 Å². The average Bonchev–Trinajstić information content (AvgIpc) is 3.09. The van der Waals surface area contributed by atoms with Gasteiger partial charge < -0.3 is 10.1 Å². The van der Waals surface area contributed by atoms with Crippen LogP contribution in [-0.4, -0.2) is 65.0 Å². The number of amides is 1. The van der Waals surface area contributed by atoms with E-state index < -0.39 is 0 Å². The maximum Gasteiger partial charge on any atom is 0.234 e. The SMILES string of the molecule is COC[C@H](C)NC(=O)CN1CCC(c2ccc(-c3cnn(C)c3)cn2)CC1. The smallest absolute Gasteiger partial charge is 0.234 e. The first-order valence-corrected chi connectivity index (χ1v) is 9.50. The van der Waals surface area contributed by atoms with Gasteiger partial charge in [0.15, 0.2) is 0 Å². The van der Waals surface area contributed by atoms with Gasteiger partial charge in [0.25, 0.3) is 0 Å². The zero-order valence-corrected chi connectivity index (χ0v) is 16.4. The first-order chi connectivity index (χ1) is 13.0. The van der Waals surface area contributed by atoms with Crippen LogP contribution in [0.25, 0.3) is 11.1 Å². The first-order valence-electron chi connectivity index (χ1n) is 9.50. The molecule has 2 aromatic heterocycles. The predicted molar refractivity (Wildman–Crippen MR) is 104 cm³/mol. The van der Waals surface area contributed by atoms with Crippen molar-refractivity contribution in [3.05, 3.63) is 36.4 Å². The molecule has 0 radical (unpaired) electrons. The lowest BCUT2D eigenvalue weighted by molar-refractivity contribution is -0.123. The van der Waals surface area contributed by atoms with Crippen LogP contribution in [0.1, 0.15) is 31.4 Å². The highest BCUT2D eigenvalue weighted by Gasteiger charge is 2.23. The van der Waals surface area contributed by atoms with Crippen molar-refractivity contribution in [2.75, 3.05) is 33.4 Å². The number of ether oxygens (including phenoxy) is 1. The zero-order valence-electron chi connectivity index (χ0n) is 16.4. The van der Waals surface area contributed by atoms with Gasteiger partial charge in [-0.25, -0.2) is 0 Å². The lowest BCUT2D eigenvalue weighted by atomic mass is 9.92. The van der Waals surface area contributed by atoms with Crippen LogP contribution >= 0.6 is 0 Å². The van der Waals surface area contributed by atoms with Crippen LogP contribution < -0.4 is 5.32 Å². The number of carbonyl (C=O) groups excluding carboxylic acids is 1. The predicted octanol–water partition coefficient (Wildman–Crippen LogP) is 1.81. The van der Waals surface area contributed by atoms with Gasteiger partial charge in [-0.3, -0.25) is 19.4 Å². The molecule has 7 nitrogen and oxygen atoms in total. The van der Waals surface area contributed by atoms with Gasteiger partial charge in [-0.2, -0.15) is 5.10 Å². The molecule has 1 fully saturated rings. The van der Waals surface area contributed by atoms with E-state index >= 15 is 0 Å². The molecule has 0 spiro atoms. The van der Waals surface area contributed by atoms with E-state index in [-0.39, 0.29) is 11.9 Å². The van der Waals surface area contributed by atoms with Crippen molar-refractivity contribution in [3.8, 4) is 11.1 Å². The molecule has 0 unspecified atom stereocenters. The largest absolute Gasteiger partial charge is 0.383 e. The van der Waals surface area contributed by atoms with E-state index in [1.165, 1.54) is 0 Å². The number of pyridine rings is 1. The molecule has 2 aromatic rings. The van der Waals surface area contributed by atoms with Crippen LogP contribution in [-0.2, 0) is 16.6 Å². The third-order valence-electron chi connectivity index (χ3n) is 5.02. The van der Waals surface area contributed by atoms with Crippen LogP contribution in [0.15, 0.2) is 30.7 Å².